The zero-order valence-corrected chi connectivity index (χ0v) is 23.8. The van der Waals surface area contributed by atoms with Crippen LogP contribution in [0.2, 0.25) is 0 Å². The van der Waals surface area contributed by atoms with Crippen LogP contribution in [0, 0.1) is 47.1 Å². The van der Waals surface area contributed by atoms with E-state index in [-0.39, 0.29) is 53.6 Å². The van der Waals surface area contributed by atoms with Crippen LogP contribution in [0.3, 0.4) is 0 Å². The van der Waals surface area contributed by atoms with Crippen molar-refractivity contribution in [2.45, 2.75) is 40.4 Å². The average molecular weight is 615 g/mol. The lowest BCUT2D eigenvalue weighted by Gasteiger charge is -2.50. The van der Waals surface area contributed by atoms with Gasteiger partial charge in [-0.2, -0.15) is 18.9 Å². The molecule has 9 nitrogen and oxygen atoms in total. The molecule has 218 valence electrons. The van der Waals surface area contributed by atoms with Crippen LogP contribution in [0.1, 0.15) is 35.1 Å². The van der Waals surface area contributed by atoms with Crippen molar-refractivity contribution < 1.29 is 39.3 Å². The predicted octanol–water partition coefficient (Wildman–Crippen LogP) is 4.28. The molecule has 0 saturated carbocycles. The molecule has 13 heteroatoms. The van der Waals surface area contributed by atoms with Crippen molar-refractivity contribution in [1.29, 1.82) is 10.5 Å². The number of hydrogen-bond donors (Lipinski definition) is 0. The lowest BCUT2D eigenvalue weighted by Crippen LogP contribution is -2.57. The summed E-state index contributed by atoms with van der Waals surface area (Å²) in [6.07, 6.45) is -1.39. The Morgan fingerprint density at radius 1 is 0.952 bits per heavy atom. The molecular weight excluding hydrogens is 590 g/mol. The van der Waals surface area contributed by atoms with Gasteiger partial charge in [-0.25, -0.2) is 17.2 Å². The standard InChI is InChI=1S/C29H24F2N2O7S2/c1-18-2-5-21(6-3-18)42(36,37)40-12-10-26-23-17-39-28-25(31)9-8-24(30)27(28)29(23,11-13-38-26)41(34,35)22-7-4-19(15-32)20(14-22)16-33/h2-9,14,23,26H,10-13,17H2,1H3/t23-,26-,29-/m0/s1. The molecule has 5 rings (SSSR count). The Balaban J connectivity index is 1.56. The summed E-state index contributed by atoms with van der Waals surface area (Å²) >= 11 is 0. The summed E-state index contributed by atoms with van der Waals surface area (Å²) < 4.78 is 99.5. The molecule has 0 spiro atoms. The van der Waals surface area contributed by atoms with E-state index >= 15 is 4.39 Å². The van der Waals surface area contributed by atoms with Gasteiger partial charge in [-0.15, -0.1) is 0 Å². The monoisotopic (exact) mass is 614 g/mol. The van der Waals surface area contributed by atoms with Crippen LogP contribution in [0.25, 0.3) is 0 Å². The molecule has 2 aliphatic heterocycles. The van der Waals surface area contributed by atoms with E-state index < -0.39 is 59.7 Å². The van der Waals surface area contributed by atoms with Gasteiger partial charge in [0.25, 0.3) is 10.1 Å². The largest absolute Gasteiger partial charge is 0.490 e. The fourth-order valence-corrected chi connectivity index (χ4v) is 8.94. The molecule has 0 bridgehead atoms. The van der Waals surface area contributed by atoms with Crippen LogP contribution in [0.4, 0.5) is 8.78 Å². The summed E-state index contributed by atoms with van der Waals surface area (Å²) in [5, 5.41) is 18.8. The molecule has 1 saturated heterocycles. The summed E-state index contributed by atoms with van der Waals surface area (Å²) in [6, 6.07) is 14.7. The fourth-order valence-electron chi connectivity index (χ4n) is 5.65. The third kappa shape index (κ3) is 4.82. The highest BCUT2D eigenvalue weighted by Gasteiger charge is 2.61. The Morgan fingerprint density at radius 2 is 1.62 bits per heavy atom. The molecule has 2 aliphatic rings. The first kappa shape index (κ1) is 29.6. The Bertz CT molecular complexity index is 1850. The van der Waals surface area contributed by atoms with Crippen molar-refractivity contribution in [3.8, 4) is 17.9 Å². The smallest absolute Gasteiger partial charge is 0.296 e. The van der Waals surface area contributed by atoms with E-state index in [1.807, 2.05) is 6.07 Å². The number of aryl methyl sites for hydroxylation is 1. The number of sulfone groups is 1. The molecule has 0 aromatic heterocycles. The molecule has 3 aromatic rings. The molecule has 3 aromatic carbocycles. The number of fused-ring (bicyclic) bond motifs is 3. The van der Waals surface area contributed by atoms with Crippen LogP contribution in [0.15, 0.2) is 64.4 Å². The first-order valence-electron chi connectivity index (χ1n) is 12.8. The summed E-state index contributed by atoms with van der Waals surface area (Å²) in [5.41, 5.74) is 0.111. The topological polar surface area (TPSA) is 144 Å². The molecule has 0 aliphatic carbocycles. The molecule has 0 amide bonds. The summed E-state index contributed by atoms with van der Waals surface area (Å²) in [5.74, 6) is -3.62. The summed E-state index contributed by atoms with van der Waals surface area (Å²) in [6.45, 7) is 0.836. The quantitative estimate of drug-likeness (QED) is 0.356. The van der Waals surface area contributed by atoms with E-state index in [9.17, 15) is 31.7 Å². The maximum atomic E-state index is 15.6. The molecule has 0 radical (unpaired) electrons. The predicted molar refractivity (Wildman–Crippen MR) is 143 cm³/mol. The van der Waals surface area contributed by atoms with Crippen molar-refractivity contribution >= 4 is 20.0 Å². The SMILES string of the molecule is Cc1ccc(S(=O)(=O)OCC[C@@H]2OCC[C@@]3(S(=O)(=O)c4ccc(C#N)c(C#N)c4)c4c(F)ccc(F)c4OC[C@@H]23)cc1. The van der Waals surface area contributed by atoms with Gasteiger partial charge in [-0.1, -0.05) is 17.7 Å². The zero-order valence-electron chi connectivity index (χ0n) is 22.2. The van der Waals surface area contributed by atoms with Gasteiger partial charge in [-0.3, -0.25) is 4.18 Å². The second-order valence-corrected chi connectivity index (χ2v) is 13.8. The average Bonchev–Trinajstić information content (AvgIpc) is 2.98. The number of benzene rings is 3. The van der Waals surface area contributed by atoms with Crippen molar-refractivity contribution in [2.24, 2.45) is 5.92 Å². The van der Waals surface area contributed by atoms with Crippen molar-refractivity contribution in [2.75, 3.05) is 19.8 Å². The summed E-state index contributed by atoms with van der Waals surface area (Å²) in [7, 11) is -8.75. The molecule has 0 N–H and O–H groups in total. The van der Waals surface area contributed by atoms with E-state index in [2.05, 4.69) is 0 Å². The third-order valence-corrected chi connectivity index (χ3v) is 11.6. The van der Waals surface area contributed by atoms with Crippen molar-refractivity contribution in [3.63, 3.8) is 0 Å². The molecule has 42 heavy (non-hydrogen) atoms. The maximum absolute atomic E-state index is 15.6. The number of nitrogens with zero attached hydrogens (tertiary/aromatic N) is 2. The van der Waals surface area contributed by atoms with E-state index in [4.69, 9.17) is 13.7 Å². The lowest BCUT2D eigenvalue weighted by atomic mass is 9.75. The van der Waals surface area contributed by atoms with Crippen LogP contribution < -0.4 is 4.74 Å². The Hall–Kier alpha value is -3.88. The van der Waals surface area contributed by atoms with Crippen molar-refractivity contribution in [1.82, 2.24) is 0 Å². The minimum Gasteiger partial charge on any atom is -0.490 e. The van der Waals surface area contributed by atoms with Crippen LogP contribution in [-0.4, -0.2) is 42.8 Å². The Kier molecular flexibility index (Phi) is 7.81. The third-order valence-electron chi connectivity index (χ3n) is 7.71. The van der Waals surface area contributed by atoms with Gasteiger partial charge < -0.3 is 9.47 Å². The highest BCUT2D eigenvalue weighted by atomic mass is 32.2. The minimum atomic E-state index is -4.61. The van der Waals surface area contributed by atoms with Gasteiger partial charge in [0.15, 0.2) is 21.4 Å². The van der Waals surface area contributed by atoms with Gasteiger partial charge in [0.2, 0.25) is 0 Å². The van der Waals surface area contributed by atoms with Gasteiger partial charge in [0.05, 0.1) is 45.8 Å². The molecule has 1 fully saturated rings. The number of halogens is 2. The van der Waals surface area contributed by atoms with Gasteiger partial charge in [-0.05, 0) is 62.2 Å². The maximum Gasteiger partial charge on any atom is 0.296 e. The number of rotatable bonds is 7. The number of nitriles is 2. The second-order valence-electron chi connectivity index (χ2n) is 10.0. The molecular formula is C29H24F2N2O7S2. The van der Waals surface area contributed by atoms with E-state index in [1.54, 1.807) is 25.1 Å². The first-order valence-corrected chi connectivity index (χ1v) is 15.7. The van der Waals surface area contributed by atoms with E-state index in [1.165, 1.54) is 18.2 Å². The Labute approximate surface area is 241 Å². The van der Waals surface area contributed by atoms with Crippen molar-refractivity contribution in [3.05, 3.63) is 88.5 Å². The van der Waals surface area contributed by atoms with Gasteiger partial charge in [0, 0.05) is 12.5 Å². The Morgan fingerprint density at radius 3 is 2.31 bits per heavy atom. The zero-order chi connectivity index (χ0) is 30.3. The van der Waals surface area contributed by atoms with Gasteiger partial charge in [0.1, 0.15) is 22.7 Å². The lowest BCUT2D eigenvalue weighted by molar-refractivity contribution is -0.0793. The number of ether oxygens (including phenoxy) is 2. The van der Waals surface area contributed by atoms with Crippen LogP contribution in [-0.2, 0) is 33.6 Å². The van der Waals surface area contributed by atoms with E-state index in [0.29, 0.717) is 0 Å². The molecule has 3 atom stereocenters. The highest BCUT2D eigenvalue weighted by molar-refractivity contribution is 7.92. The minimum absolute atomic E-state index is 0.0492. The van der Waals surface area contributed by atoms with Crippen LogP contribution >= 0.6 is 0 Å². The first-order chi connectivity index (χ1) is 20.0. The van der Waals surface area contributed by atoms with Gasteiger partial charge >= 0.3 is 0 Å². The highest BCUT2D eigenvalue weighted by Crippen LogP contribution is 2.56. The normalized spacial score (nSPS) is 21.7. The molecule has 0 unspecified atom stereocenters. The van der Waals surface area contributed by atoms with E-state index in [0.717, 1.165) is 29.8 Å². The van der Waals surface area contributed by atoms with Crippen LogP contribution in [0.5, 0.6) is 5.75 Å². The molecule has 2 heterocycles. The summed E-state index contributed by atoms with van der Waals surface area (Å²) in [4.78, 5) is -0.422. The number of hydrogen-bond acceptors (Lipinski definition) is 9. The second kappa shape index (κ2) is 11.1. The fraction of sp³-hybridized carbons (Fsp3) is 0.310.